The normalized spacial score (nSPS) is 40.1. The predicted molar refractivity (Wildman–Crippen MR) is 131 cm³/mol. The Labute approximate surface area is 208 Å². The van der Waals surface area contributed by atoms with Crippen LogP contribution in [-0.2, 0) is 21.4 Å². The highest BCUT2D eigenvalue weighted by atomic mass is 35.5. The molecule has 0 amide bonds. The van der Waals surface area contributed by atoms with Gasteiger partial charge in [-0.25, -0.2) is 0 Å². The van der Waals surface area contributed by atoms with Gasteiger partial charge in [0.2, 0.25) is 0 Å². The summed E-state index contributed by atoms with van der Waals surface area (Å²) in [7, 11) is 3.99. The fourth-order valence-electron chi connectivity index (χ4n) is 8.67. The maximum absolute atomic E-state index is 11.9. The Kier molecular flexibility index (Phi) is 5.28. The molecule has 0 radical (unpaired) electrons. The van der Waals surface area contributed by atoms with Gasteiger partial charge in [0.05, 0.1) is 11.0 Å². The highest BCUT2D eigenvalue weighted by molar-refractivity contribution is 5.85. The van der Waals surface area contributed by atoms with Crippen LogP contribution in [0.25, 0.3) is 0 Å². The Bertz CT molecular complexity index is 1070. The van der Waals surface area contributed by atoms with Crippen LogP contribution in [0.5, 0.6) is 11.5 Å². The van der Waals surface area contributed by atoms with E-state index in [0.29, 0.717) is 24.0 Å². The summed E-state index contributed by atoms with van der Waals surface area (Å²) in [6.45, 7) is 6.50. The third-order valence-corrected chi connectivity index (χ3v) is 9.82. The Morgan fingerprint density at radius 3 is 2.79 bits per heavy atom. The van der Waals surface area contributed by atoms with Crippen LogP contribution in [-0.4, -0.2) is 60.0 Å². The van der Waals surface area contributed by atoms with Crippen molar-refractivity contribution in [3.05, 3.63) is 35.4 Å². The molecule has 6 aliphatic rings. The van der Waals surface area contributed by atoms with Crippen LogP contribution in [0, 0.1) is 11.3 Å². The smallest absolute Gasteiger partial charge is 0.308 e. The Balaban J connectivity index is 0.00000241. The van der Waals surface area contributed by atoms with E-state index < -0.39 is 11.2 Å². The van der Waals surface area contributed by atoms with Crippen molar-refractivity contribution in [3.8, 4) is 11.5 Å². The number of aliphatic hydroxyl groups is 1. The number of likely N-dealkylation sites (N-methyl/N-ethyl adjacent to an activating group) is 1. The predicted octanol–water partition coefficient (Wildman–Crippen LogP) is 3.81. The molecule has 1 aromatic rings. The van der Waals surface area contributed by atoms with Crippen LogP contribution in [0.3, 0.4) is 0 Å². The van der Waals surface area contributed by atoms with Crippen molar-refractivity contribution in [2.24, 2.45) is 11.3 Å². The number of nitrogens with zero attached hydrogens (tertiary/aromatic N) is 1. The molecule has 6 nitrogen and oxygen atoms in total. The maximum atomic E-state index is 11.9. The van der Waals surface area contributed by atoms with E-state index in [1.807, 2.05) is 13.0 Å². The van der Waals surface area contributed by atoms with E-state index in [1.165, 1.54) is 18.1 Å². The number of hydrogen-bond donors (Lipinski definition) is 1. The van der Waals surface area contributed by atoms with Crippen molar-refractivity contribution >= 4 is 18.4 Å². The first-order chi connectivity index (χ1) is 15.7. The third-order valence-electron chi connectivity index (χ3n) is 9.82. The first-order valence-electron chi connectivity index (χ1n) is 12.4. The highest BCUT2D eigenvalue weighted by Crippen LogP contribution is 2.75. The average molecular weight is 490 g/mol. The van der Waals surface area contributed by atoms with Gasteiger partial charge in [-0.15, -0.1) is 12.4 Å². The van der Waals surface area contributed by atoms with Crippen molar-refractivity contribution < 1.29 is 24.1 Å². The van der Waals surface area contributed by atoms with E-state index in [2.05, 4.69) is 37.1 Å². The topological polar surface area (TPSA) is 68.2 Å². The molecule has 1 aromatic carbocycles. The van der Waals surface area contributed by atoms with Crippen molar-refractivity contribution in [2.75, 3.05) is 20.7 Å². The SMILES string of the molecule is CCC[C@@](C)(O)[C@H]1C[C@@]23C=C[C@]1(OC)[C@@H]1Oc4c(OC(C)=O)ccc5c4[C@@]12CCN(C)C3C5.Cl. The van der Waals surface area contributed by atoms with Gasteiger partial charge in [0, 0.05) is 37.0 Å². The molecule has 7 rings (SSSR count). The van der Waals surface area contributed by atoms with Gasteiger partial charge in [0.15, 0.2) is 11.5 Å². The number of carbonyl (C=O) groups excluding carboxylic acids is 1. The molecule has 1 unspecified atom stereocenters. The number of rotatable bonds is 5. The number of hydrogen-bond acceptors (Lipinski definition) is 6. The van der Waals surface area contributed by atoms with E-state index in [0.717, 1.165) is 32.2 Å². The number of esters is 1. The van der Waals surface area contributed by atoms with E-state index in [9.17, 15) is 9.90 Å². The fraction of sp³-hybridized carbons (Fsp3) is 0.667. The minimum absolute atomic E-state index is 0. The number of ether oxygens (including phenoxy) is 3. The molecular weight excluding hydrogens is 454 g/mol. The molecule has 2 heterocycles. The van der Waals surface area contributed by atoms with E-state index in [-0.39, 0.29) is 41.2 Å². The quantitative estimate of drug-likeness (QED) is 0.385. The second-order valence-corrected chi connectivity index (χ2v) is 11.2. The number of carbonyl (C=O) groups is 1. The van der Waals surface area contributed by atoms with Gasteiger partial charge in [-0.05, 0) is 57.8 Å². The second-order valence-electron chi connectivity index (χ2n) is 11.2. The summed E-state index contributed by atoms with van der Waals surface area (Å²) in [5.41, 5.74) is 0.452. The molecule has 0 aromatic heterocycles. The largest absolute Gasteiger partial charge is 0.482 e. The minimum Gasteiger partial charge on any atom is -0.482 e. The lowest BCUT2D eigenvalue weighted by Crippen LogP contribution is -2.80. The van der Waals surface area contributed by atoms with Crippen LogP contribution < -0.4 is 9.47 Å². The number of fused-ring (bicyclic) bond motifs is 1. The van der Waals surface area contributed by atoms with Gasteiger partial charge in [0.25, 0.3) is 0 Å². The van der Waals surface area contributed by atoms with Crippen molar-refractivity contribution in [1.29, 1.82) is 0 Å². The molecule has 4 bridgehead atoms. The Hall–Kier alpha value is -1.60. The minimum atomic E-state index is -0.881. The zero-order chi connectivity index (χ0) is 23.4. The standard InChI is InChI=1S/C27H35NO5.ClH/c1-6-9-24(3,30)19-15-25-10-11-27(19,31-5)23-26(25)12-13-28(4)20(25)14-17-7-8-18(32-16(2)29)22(33-23)21(17)26;/h7-8,10-11,19-20,23,30H,6,9,12-15H2,1-5H3;1H/t19-,20?,23-,24-,25-,26+,27-;/m1./s1. The molecular formula is C27H36ClNO5. The maximum Gasteiger partial charge on any atom is 0.308 e. The lowest BCUT2D eigenvalue weighted by Gasteiger charge is -2.72. The summed E-state index contributed by atoms with van der Waals surface area (Å²) in [4.78, 5) is 14.4. The summed E-state index contributed by atoms with van der Waals surface area (Å²) in [6, 6.07) is 4.33. The molecule has 1 saturated carbocycles. The van der Waals surface area contributed by atoms with Crippen LogP contribution in [0.1, 0.15) is 57.6 Å². The summed E-state index contributed by atoms with van der Waals surface area (Å²) in [5.74, 6) is 0.765. The van der Waals surface area contributed by atoms with Gasteiger partial charge in [-0.2, -0.15) is 0 Å². The van der Waals surface area contributed by atoms with E-state index >= 15 is 0 Å². The molecule has 34 heavy (non-hydrogen) atoms. The molecule has 7 heteroatoms. The highest BCUT2D eigenvalue weighted by Gasteiger charge is 2.80. The van der Waals surface area contributed by atoms with Gasteiger partial charge >= 0.3 is 5.97 Å². The lowest BCUT2D eigenvalue weighted by atomic mass is 9.36. The molecule has 7 atom stereocenters. The Morgan fingerprint density at radius 2 is 2.12 bits per heavy atom. The fourth-order valence-corrected chi connectivity index (χ4v) is 8.67. The molecule has 1 saturated heterocycles. The first-order valence-corrected chi connectivity index (χ1v) is 12.4. The van der Waals surface area contributed by atoms with Crippen molar-refractivity contribution in [2.45, 2.75) is 81.6 Å². The van der Waals surface area contributed by atoms with Crippen LogP contribution in [0.2, 0.25) is 0 Å². The zero-order valence-electron chi connectivity index (χ0n) is 20.7. The molecule has 186 valence electrons. The van der Waals surface area contributed by atoms with Gasteiger partial charge in [-0.1, -0.05) is 31.6 Å². The second kappa shape index (κ2) is 7.45. The number of likely N-dealkylation sites (tertiary alicyclic amines) is 1. The summed E-state index contributed by atoms with van der Waals surface area (Å²) < 4.78 is 18.9. The van der Waals surface area contributed by atoms with Crippen LogP contribution in [0.15, 0.2) is 24.3 Å². The summed E-state index contributed by atoms with van der Waals surface area (Å²) in [6.07, 6.45) is 8.69. The average Bonchev–Trinajstić information content (AvgIpc) is 3.14. The number of benzene rings is 1. The number of methoxy groups -OCH3 is 1. The molecule has 4 aliphatic carbocycles. The van der Waals surface area contributed by atoms with Gasteiger partial charge < -0.3 is 24.2 Å². The lowest BCUT2D eigenvalue weighted by molar-refractivity contribution is -0.247. The van der Waals surface area contributed by atoms with Gasteiger partial charge in [0.1, 0.15) is 11.7 Å². The third kappa shape index (κ3) is 2.56. The summed E-state index contributed by atoms with van der Waals surface area (Å²) >= 11 is 0. The Morgan fingerprint density at radius 1 is 1.35 bits per heavy atom. The van der Waals surface area contributed by atoms with Crippen molar-refractivity contribution in [1.82, 2.24) is 4.90 Å². The molecule has 1 N–H and O–H groups in total. The van der Waals surface area contributed by atoms with Gasteiger partial charge in [-0.3, -0.25) is 4.79 Å². The van der Waals surface area contributed by atoms with Crippen molar-refractivity contribution in [3.63, 3.8) is 0 Å². The monoisotopic (exact) mass is 489 g/mol. The first kappa shape index (κ1) is 24.1. The van der Waals surface area contributed by atoms with E-state index in [1.54, 1.807) is 7.11 Å². The number of halogens is 1. The van der Waals surface area contributed by atoms with Crippen LogP contribution >= 0.6 is 12.4 Å². The molecule has 2 spiro atoms. The summed E-state index contributed by atoms with van der Waals surface area (Å²) in [5, 5.41) is 11.8. The zero-order valence-corrected chi connectivity index (χ0v) is 21.5. The van der Waals surface area contributed by atoms with Crippen LogP contribution in [0.4, 0.5) is 0 Å². The van der Waals surface area contributed by atoms with E-state index in [4.69, 9.17) is 14.2 Å². The number of piperidine rings is 1. The molecule has 2 fully saturated rings. The molecule has 2 aliphatic heterocycles.